The second-order valence-corrected chi connectivity index (χ2v) is 5.04. The first-order valence-corrected chi connectivity index (χ1v) is 6.74. The first kappa shape index (κ1) is 11.2. The van der Waals surface area contributed by atoms with E-state index in [9.17, 15) is 0 Å². The van der Waals surface area contributed by atoms with Crippen LogP contribution in [0.5, 0.6) is 0 Å². The zero-order chi connectivity index (χ0) is 13.5. The van der Waals surface area contributed by atoms with Gasteiger partial charge in [0.25, 0.3) is 0 Å². The number of nitrogens with one attached hydrogen (secondary N) is 2. The molecule has 4 N–H and O–H groups in total. The number of aromatic amines is 1. The highest BCUT2D eigenvalue weighted by molar-refractivity contribution is 6.03. The fourth-order valence-corrected chi connectivity index (χ4v) is 2.88. The maximum Gasteiger partial charge on any atom is 0.112 e. The van der Waals surface area contributed by atoms with Crippen molar-refractivity contribution in [1.82, 2.24) is 4.98 Å². The SMILES string of the molecule is Nc1cccc(C2=CCNc3[nH]c4ccccc4c32)c1. The summed E-state index contributed by atoms with van der Waals surface area (Å²) in [5.41, 5.74) is 11.5. The Labute approximate surface area is 117 Å². The highest BCUT2D eigenvalue weighted by Gasteiger charge is 2.19. The van der Waals surface area contributed by atoms with Gasteiger partial charge in [-0.2, -0.15) is 0 Å². The lowest BCUT2D eigenvalue weighted by molar-refractivity contribution is 1.25. The minimum atomic E-state index is 0.795. The molecule has 0 atom stereocenters. The molecule has 4 rings (SSSR count). The first-order valence-electron chi connectivity index (χ1n) is 6.74. The van der Waals surface area contributed by atoms with E-state index in [1.807, 2.05) is 24.3 Å². The number of rotatable bonds is 1. The third-order valence-corrected chi connectivity index (χ3v) is 3.76. The van der Waals surface area contributed by atoms with Gasteiger partial charge < -0.3 is 16.0 Å². The molecule has 98 valence electrons. The van der Waals surface area contributed by atoms with Crippen molar-refractivity contribution in [1.29, 1.82) is 0 Å². The number of H-pyrrole nitrogens is 1. The summed E-state index contributed by atoms with van der Waals surface area (Å²) in [5.74, 6) is 1.09. The molecular weight excluding hydrogens is 246 g/mol. The minimum absolute atomic E-state index is 0.795. The van der Waals surface area contributed by atoms with Crippen molar-refractivity contribution in [3.63, 3.8) is 0 Å². The maximum absolute atomic E-state index is 5.92. The van der Waals surface area contributed by atoms with Gasteiger partial charge in [0.15, 0.2) is 0 Å². The predicted molar refractivity (Wildman–Crippen MR) is 84.7 cm³/mol. The maximum atomic E-state index is 5.92. The molecule has 1 aliphatic rings. The van der Waals surface area contributed by atoms with Gasteiger partial charge in [0.1, 0.15) is 5.82 Å². The summed E-state index contributed by atoms with van der Waals surface area (Å²) in [7, 11) is 0. The Morgan fingerprint density at radius 1 is 1.00 bits per heavy atom. The highest BCUT2D eigenvalue weighted by Crippen LogP contribution is 2.38. The third kappa shape index (κ3) is 1.60. The molecule has 0 bridgehead atoms. The molecule has 3 nitrogen and oxygen atoms in total. The van der Waals surface area contributed by atoms with Gasteiger partial charge in [-0.25, -0.2) is 0 Å². The van der Waals surface area contributed by atoms with Gasteiger partial charge in [-0.05, 0) is 29.3 Å². The van der Waals surface area contributed by atoms with Crippen LogP contribution >= 0.6 is 0 Å². The van der Waals surface area contributed by atoms with E-state index in [0.29, 0.717) is 0 Å². The van der Waals surface area contributed by atoms with Crippen molar-refractivity contribution in [3.05, 3.63) is 65.7 Å². The van der Waals surface area contributed by atoms with E-state index in [-0.39, 0.29) is 0 Å². The van der Waals surface area contributed by atoms with Crippen LogP contribution in [0.25, 0.3) is 16.5 Å². The normalized spacial score (nSPS) is 13.7. The summed E-state index contributed by atoms with van der Waals surface area (Å²) in [6.45, 7) is 0.823. The highest BCUT2D eigenvalue weighted by atomic mass is 15.0. The molecule has 0 aliphatic carbocycles. The van der Waals surface area contributed by atoms with Crippen LogP contribution in [-0.4, -0.2) is 11.5 Å². The molecule has 0 radical (unpaired) electrons. The van der Waals surface area contributed by atoms with Crippen LogP contribution in [0, 0.1) is 0 Å². The molecule has 1 aromatic heterocycles. The number of anilines is 2. The zero-order valence-corrected chi connectivity index (χ0v) is 11.0. The number of nitrogen functional groups attached to an aromatic ring is 1. The topological polar surface area (TPSA) is 53.8 Å². The largest absolute Gasteiger partial charge is 0.399 e. The molecule has 3 heteroatoms. The fourth-order valence-electron chi connectivity index (χ4n) is 2.88. The lowest BCUT2D eigenvalue weighted by Crippen LogP contribution is -2.08. The Kier molecular flexibility index (Phi) is 2.33. The van der Waals surface area contributed by atoms with Gasteiger partial charge in [-0.15, -0.1) is 0 Å². The average Bonchev–Trinajstić information content (AvgIpc) is 2.85. The molecule has 0 spiro atoms. The quantitative estimate of drug-likeness (QED) is 0.586. The molecule has 0 fully saturated rings. The van der Waals surface area contributed by atoms with Gasteiger partial charge in [-0.1, -0.05) is 36.4 Å². The van der Waals surface area contributed by atoms with E-state index in [4.69, 9.17) is 5.73 Å². The van der Waals surface area contributed by atoms with Gasteiger partial charge in [0.05, 0.1) is 0 Å². The Hall–Kier alpha value is -2.68. The summed E-state index contributed by atoms with van der Waals surface area (Å²) < 4.78 is 0. The zero-order valence-electron chi connectivity index (χ0n) is 11.0. The van der Waals surface area contributed by atoms with Crippen molar-refractivity contribution in [3.8, 4) is 0 Å². The minimum Gasteiger partial charge on any atom is -0.399 e. The van der Waals surface area contributed by atoms with Gasteiger partial charge in [0.2, 0.25) is 0 Å². The Morgan fingerprint density at radius 3 is 2.80 bits per heavy atom. The molecule has 2 heterocycles. The van der Waals surface area contributed by atoms with Crippen LogP contribution in [0.1, 0.15) is 11.1 Å². The monoisotopic (exact) mass is 261 g/mol. The predicted octanol–water partition coefficient (Wildman–Crippen LogP) is 3.61. The van der Waals surface area contributed by atoms with Crippen molar-refractivity contribution in [2.45, 2.75) is 0 Å². The van der Waals surface area contributed by atoms with Gasteiger partial charge in [0, 0.05) is 28.7 Å². The number of nitrogens with two attached hydrogens (primary N) is 1. The van der Waals surface area contributed by atoms with Crippen LogP contribution in [0.4, 0.5) is 11.5 Å². The number of benzene rings is 2. The fraction of sp³-hybridized carbons (Fsp3) is 0.0588. The number of aromatic nitrogens is 1. The Morgan fingerprint density at radius 2 is 1.90 bits per heavy atom. The van der Waals surface area contributed by atoms with Crippen molar-refractivity contribution in [2.24, 2.45) is 0 Å². The third-order valence-electron chi connectivity index (χ3n) is 3.76. The van der Waals surface area contributed by atoms with Crippen LogP contribution in [0.3, 0.4) is 0 Å². The smallest absolute Gasteiger partial charge is 0.112 e. The van der Waals surface area contributed by atoms with Crippen LogP contribution in [-0.2, 0) is 0 Å². The van der Waals surface area contributed by atoms with Gasteiger partial charge >= 0.3 is 0 Å². The summed E-state index contributed by atoms with van der Waals surface area (Å²) in [5, 5.41) is 4.64. The lowest BCUT2D eigenvalue weighted by Gasteiger charge is -2.16. The van der Waals surface area contributed by atoms with E-state index < -0.39 is 0 Å². The number of fused-ring (bicyclic) bond motifs is 3. The summed E-state index contributed by atoms with van der Waals surface area (Å²) in [4.78, 5) is 3.45. The molecule has 0 unspecified atom stereocenters. The van der Waals surface area contributed by atoms with Crippen LogP contribution < -0.4 is 11.1 Å². The lowest BCUT2D eigenvalue weighted by atomic mass is 9.94. The second kappa shape index (κ2) is 4.17. The number of para-hydroxylation sites is 1. The molecule has 20 heavy (non-hydrogen) atoms. The van der Waals surface area contributed by atoms with E-state index in [1.165, 1.54) is 16.5 Å². The molecule has 1 aliphatic heterocycles. The van der Waals surface area contributed by atoms with E-state index >= 15 is 0 Å². The standard InChI is InChI=1S/C17H15N3/c18-12-5-3-4-11(10-12)13-8-9-19-17-16(13)14-6-1-2-7-15(14)20-17/h1-8,10,19-20H,9,18H2. The number of hydrogen-bond donors (Lipinski definition) is 3. The molecule has 0 saturated heterocycles. The first-order chi connectivity index (χ1) is 9.83. The molecule has 0 amide bonds. The molecular formula is C17H15N3. The van der Waals surface area contributed by atoms with Crippen molar-refractivity contribution < 1.29 is 0 Å². The van der Waals surface area contributed by atoms with E-state index in [2.05, 4.69) is 40.6 Å². The summed E-state index contributed by atoms with van der Waals surface area (Å²) >= 11 is 0. The van der Waals surface area contributed by atoms with Crippen molar-refractivity contribution in [2.75, 3.05) is 17.6 Å². The summed E-state index contributed by atoms with van der Waals surface area (Å²) in [6.07, 6.45) is 2.22. The average molecular weight is 261 g/mol. The summed E-state index contributed by atoms with van der Waals surface area (Å²) in [6, 6.07) is 16.4. The molecule has 3 aromatic rings. The molecule has 0 saturated carbocycles. The number of hydrogen-bond acceptors (Lipinski definition) is 2. The second-order valence-electron chi connectivity index (χ2n) is 5.04. The Bertz CT molecular complexity index is 827. The van der Waals surface area contributed by atoms with Crippen LogP contribution in [0.2, 0.25) is 0 Å². The molecule has 2 aromatic carbocycles. The Balaban J connectivity index is 1.98. The van der Waals surface area contributed by atoms with E-state index in [1.54, 1.807) is 0 Å². The van der Waals surface area contributed by atoms with Gasteiger partial charge in [-0.3, -0.25) is 0 Å². The van der Waals surface area contributed by atoms with Crippen molar-refractivity contribution >= 4 is 28.0 Å². The van der Waals surface area contributed by atoms with Crippen LogP contribution in [0.15, 0.2) is 54.6 Å². The van der Waals surface area contributed by atoms with E-state index in [0.717, 1.165) is 29.1 Å².